The standard InChI is InChI=1S/C14H26N4/c1-16(2)6-3-7-17-8-5-14(12-17)18-9-4-13(10-15)11-18/h13-14H,3-9,11-12H2,1-2H3. The van der Waals surface area contributed by atoms with E-state index in [0.29, 0.717) is 6.04 Å². The summed E-state index contributed by atoms with van der Waals surface area (Å²) in [5.74, 6) is 0.285. The lowest BCUT2D eigenvalue weighted by molar-refractivity contribution is 0.225. The van der Waals surface area contributed by atoms with Crippen molar-refractivity contribution in [2.24, 2.45) is 5.92 Å². The Balaban J connectivity index is 1.67. The third kappa shape index (κ3) is 3.68. The van der Waals surface area contributed by atoms with E-state index in [1.807, 2.05) is 0 Å². The first kappa shape index (κ1) is 13.8. The molecule has 2 unspecified atom stereocenters. The highest BCUT2D eigenvalue weighted by Crippen LogP contribution is 2.23. The van der Waals surface area contributed by atoms with E-state index in [1.165, 1.54) is 39.0 Å². The highest BCUT2D eigenvalue weighted by Gasteiger charge is 2.32. The second-order valence-corrected chi connectivity index (χ2v) is 6.01. The summed E-state index contributed by atoms with van der Waals surface area (Å²) in [6, 6.07) is 3.13. The number of nitriles is 1. The van der Waals surface area contributed by atoms with Gasteiger partial charge in [-0.1, -0.05) is 0 Å². The lowest BCUT2D eigenvalue weighted by atomic mass is 10.1. The van der Waals surface area contributed by atoms with Crippen LogP contribution < -0.4 is 0 Å². The second kappa shape index (κ2) is 6.51. The van der Waals surface area contributed by atoms with Gasteiger partial charge in [0.1, 0.15) is 0 Å². The van der Waals surface area contributed by atoms with Gasteiger partial charge in [0.2, 0.25) is 0 Å². The monoisotopic (exact) mass is 250 g/mol. The molecular weight excluding hydrogens is 224 g/mol. The summed E-state index contributed by atoms with van der Waals surface area (Å²) in [5, 5.41) is 8.95. The van der Waals surface area contributed by atoms with Gasteiger partial charge in [0.25, 0.3) is 0 Å². The van der Waals surface area contributed by atoms with Crippen LogP contribution in [0.5, 0.6) is 0 Å². The third-order valence-electron chi connectivity index (χ3n) is 4.25. The maximum Gasteiger partial charge on any atom is 0.0669 e. The van der Waals surface area contributed by atoms with Gasteiger partial charge in [-0.05, 0) is 59.5 Å². The maximum atomic E-state index is 8.95. The number of hydrogen-bond acceptors (Lipinski definition) is 4. The first-order valence-corrected chi connectivity index (χ1v) is 7.20. The van der Waals surface area contributed by atoms with Crippen LogP contribution in [0.2, 0.25) is 0 Å². The summed E-state index contributed by atoms with van der Waals surface area (Å²) < 4.78 is 0. The molecule has 0 saturated carbocycles. The Bertz CT molecular complexity index is 297. The quantitative estimate of drug-likeness (QED) is 0.724. The van der Waals surface area contributed by atoms with Crippen molar-refractivity contribution in [1.82, 2.24) is 14.7 Å². The number of hydrogen-bond donors (Lipinski definition) is 0. The van der Waals surface area contributed by atoms with Crippen LogP contribution >= 0.6 is 0 Å². The summed E-state index contributed by atoms with van der Waals surface area (Å²) in [6.45, 7) is 7.00. The molecule has 4 heteroatoms. The molecule has 0 bridgehead atoms. The van der Waals surface area contributed by atoms with Crippen LogP contribution in [0, 0.1) is 17.2 Å². The van der Waals surface area contributed by atoms with Crippen molar-refractivity contribution in [1.29, 1.82) is 5.26 Å². The summed E-state index contributed by atoms with van der Waals surface area (Å²) in [6.07, 6.45) is 3.63. The van der Waals surface area contributed by atoms with E-state index < -0.39 is 0 Å². The molecule has 4 nitrogen and oxygen atoms in total. The van der Waals surface area contributed by atoms with Crippen LogP contribution in [-0.2, 0) is 0 Å². The normalized spacial score (nSPS) is 30.1. The van der Waals surface area contributed by atoms with E-state index in [2.05, 4.69) is 34.9 Å². The average Bonchev–Trinajstić information content (AvgIpc) is 2.95. The minimum Gasteiger partial charge on any atom is -0.309 e. The van der Waals surface area contributed by atoms with Crippen molar-refractivity contribution < 1.29 is 0 Å². The van der Waals surface area contributed by atoms with E-state index in [9.17, 15) is 0 Å². The van der Waals surface area contributed by atoms with Crippen molar-refractivity contribution in [2.45, 2.75) is 25.3 Å². The summed E-state index contributed by atoms with van der Waals surface area (Å²) in [4.78, 5) is 7.39. The van der Waals surface area contributed by atoms with Crippen molar-refractivity contribution >= 4 is 0 Å². The predicted molar refractivity (Wildman–Crippen MR) is 73.3 cm³/mol. The lowest BCUT2D eigenvalue weighted by Crippen LogP contribution is -2.36. The highest BCUT2D eigenvalue weighted by atomic mass is 15.3. The summed E-state index contributed by atoms with van der Waals surface area (Å²) in [7, 11) is 4.28. The fraction of sp³-hybridized carbons (Fsp3) is 0.929. The van der Waals surface area contributed by atoms with Gasteiger partial charge >= 0.3 is 0 Å². The molecule has 102 valence electrons. The molecular formula is C14H26N4. The molecule has 2 saturated heterocycles. The molecule has 0 aromatic heterocycles. The highest BCUT2D eigenvalue weighted by molar-refractivity contribution is 4.95. The molecule has 0 aromatic carbocycles. The SMILES string of the molecule is CN(C)CCCN1CCC(N2CCC(C#N)C2)C1. The summed E-state index contributed by atoms with van der Waals surface area (Å²) >= 11 is 0. The fourth-order valence-corrected chi connectivity index (χ4v) is 3.15. The lowest BCUT2D eigenvalue weighted by Gasteiger charge is -2.24. The molecule has 0 N–H and O–H groups in total. The largest absolute Gasteiger partial charge is 0.309 e. The molecule has 0 spiro atoms. The minimum absolute atomic E-state index is 0.285. The minimum atomic E-state index is 0.285. The van der Waals surface area contributed by atoms with Gasteiger partial charge in [0, 0.05) is 19.1 Å². The first-order valence-electron chi connectivity index (χ1n) is 7.20. The molecule has 2 rings (SSSR count). The molecule has 2 aliphatic rings. The van der Waals surface area contributed by atoms with Crippen LogP contribution in [0.3, 0.4) is 0 Å². The molecule has 2 aliphatic heterocycles. The van der Waals surface area contributed by atoms with Crippen molar-refractivity contribution in [3.63, 3.8) is 0 Å². The Labute approximate surface area is 111 Å². The smallest absolute Gasteiger partial charge is 0.0669 e. The molecule has 0 aromatic rings. The van der Waals surface area contributed by atoms with E-state index in [1.54, 1.807) is 0 Å². The second-order valence-electron chi connectivity index (χ2n) is 6.01. The van der Waals surface area contributed by atoms with Crippen molar-refractivity contribution in [2.75, 3.05) is 53.4 Å². The van der Waals surface area contributed by atoms with E-state index in [0.717, 1.165) is 19.5 Å². The number of likely N-dealkylation sites (tertiary alicyclic amines) is 2. The zero-order valence-electron chi connectivity index (χ0n) is 11.8. The van der Waals surface area contributed by atoms with Gasteiger partial charge in [-0.3, -0.25) is 4.90 Å². The molecule has 2 atom stereocenters. The third-order valence-corrected chi connectivity index (χ3v) is 4.25. The molecule has 0 amide bonds. The van der Waals surface area contributed by atoms with E-state index in [4.69, 9.17) is 5.26 Å². The molecule has 18 heavy (non-hydrogen) atoms. The molecule has 2 fully saturated rings. The zero-order chi connectivity index (χ0) is 13.0. The van der Waals surface area contributed by atoms with Gasteiger partial charge in [0.05, 0.1) is 12.0 Å². The van der Waals surface area contributed by atoms with Gasteiger partial charge in [-0.2, -0.15) is 5.26 Å². The average molecular weight is 250 g/mol. The molecule has 0 radical (unpaired) electrons. The Kier molecular flexibility index (Phi) is 4.99. The zero-order valence-corrected chi connectivity index (χ0v) is 11.8. The molecule has 0 aliphatic carbocycles. The van der Waals surface area contributed by atoms with Gasteiger partial charge in [-0.15, -0.1) is 0 Å². The van der Waals surface area contributed by atoms with E-state index >= 15 is 0 Å². The maximum absolute atomic E-state index is 8.95. The van der Waals surface area contributed by atoms with Crippen LogP contribution in [0.25, 0.3) is 0 Å². The molecule has 2 heterocycles. The van der Waals surface area contributed by atoms with Crippen molar-refractivity contribution in [3.05, 3.63) is 0 Å². The van der Waals surface area contributed by atoms with Crippen LogP contribution in [0.1, 0.15) is 19.3 Å². The Morgan fingerprint density at radius 3 is 2.72 bits per heavy atom. The van der Waals surface area contributed by atoms with Gasteiger partial charge < -0.3 is 9.80 Å². The van der Waals surface area contributed by atoms with Crippen LogP contribution in [0.4, 0.5) is 0 Å². The summed E-state index contributed by atoms with van der Waals surface area (Å²) in [5.41, 5.74) is 0. The van der Waals surface area contributed by atoms with Crippen molar-refractivity contribution in [3.8, 4) is 6.07 Å². The topological polar surface area (TPSA) is 33.5 Å². The van der Waals surface area contributed by atoms with E-state index in [-0.39, 0.29) is 5.92 Å². The van der Waals surface area contributed by atoms with Gasteiger partial charge in [0.15, 0.2) is 0 Å². The predicted octanol–water partition coefficient (Wildman–Crippen LogP) is 0.858. The fourth-order valence-electron chi connectivity index (χ4n) is 3.15. The Morgan fingerprint density at radius 2 is 2.06 bits per heavy atom. The first-order chi connectivity index (χ1) is 8.69. The van der Waals surface area contributed by atoms with Crippen LogP contribution in [0.15, 0.2) is 0 Å². The van der Waals surface area contributed by atoms with Crippen LogP contribution in [-0.4, -0.2) is 74.1 Å². The van der Waals surface area contributed by atoms with Gasteiger partial charge in [-0.25, -0.2) is 0 Å². The number of rotatable bonds is 5. The Morgan fingerprint density at radius 1 is 1.22 bits per heavy atom. The number of nitrogens with zero attached hydrogens (tertiary/aromatic N) is 4. The Hall–Kier alpha value is -0.630.